The Hall–Kier alpha value is -3.31. The molecule has 0 aliphatic rings. The van der Waals surface area contributed by atoms with Crippen molar-refractivity contribution in [1.82, 2.24) is 15.0 Å². The molecule has 30 heavy (non-hydrogen) atoms. The molecule has 0 fully saturated rings. The van der Waals surface area contributed by atoms with Crippen LogP contribution in [0.4, 0.5) is 11.5 Å². The fourth-order valence-electron chi connectivity index (χ4n) is 3.39. The van der Waals surface area contributed by atoms with Crippen molar-refractivity contribution in [2.75, 3.05) is 5.32 Å². The second kappa shape index (κ2) is 9.46. The van der Waals surface area contributed by atoms with E-state index in [1.807, 2.05) is 42.7 Å². The smallest absolute Gasteiger partial charge is 0.133 e. The molecule has 0 amide bonds. The monoisotopic (exact) mass is 503 g/mol. The Morgan fingerprint density at radius 3 is 2.23 bits per heavy atom. The first-order valence-corrected chi connectivity index (χ1v) is 10.5. The molecular weight excluding hydrogens is 485 g/mol. The summed E-state index contributed by atoms with van der Waals surface area (Å²) in [5.41, 5.74) is 4.66. The van der Waals surface area contributed by atoms with Crippen LogP contribution in [0.25, 0.3) is 0 Å². The highest BCUT2D eigenvalue weighted by Gasteiger charge is 2.18. The van der Waals surface area contributed by atoms with Gasteiger partial charge in [-0.1, -0.05) is 24.3 Å². The third-order valence-corrected chi connectivity index (χ3v) is 5.77. The van der Waals surface area contributed by atoms with E-state index < -0.39 is 0 Å². The van der Waals surface area contributed by atoms with E-state index in [4.69, 9.17) is 0 Å². The van der Waals surface area contributed by atoms with Gasteiger partial charge in [0.25, 0.3) is 0 Å². The number of nitriles is 1. The van der Waals surface area contributed by atoms with Crippen molar-refractivity contribution < 1.29 is 0 Å². The Labute approximate surface area is 189 Å². The summed E-state index contributed by atoms with van der Waals surface area (Å²) >= 11 is 2.23. The molecule has 0 radical (unpaired) electrons. The number of anilines is 2. The number of aromatic nitrogens is 3. The molecular formula is C24H18IN5. The summed E-state index contributed by atoms with van der Waals surface area (Å²) in [5.74, 6) is 0.832. The van der Waals surface area contributed by atoms with Crippen LogP contribution in [0.1, 0.15) is 28.2 Å². The summed E-state index contributed by atoms with van der Waals surface area (Å²) in [6.07, 6.45) is 9.84. The van der Waals surface area contributed by atoms with Gasteiger partial charge >= 0.3 is 0 Å². The third kappa shape index (κ3) is 4.47. The van der Waals surface area contributed by atoms with E-state index in [1.165, 1.54) is 0 Å². The summed E-state index contributed by atoms with van der Waals surface area (Å²) in [6, 6.07) is 20.0. The maximum Gasteiger partial charge on any atom is 0.133 e. The summed E-state index contributed by atoms with van der Waals surface area (Å²) in [6.45, 7) is 0. The highest BCUT2D eigenvalue weighted by Crippen LogP contribution is 2.32. The zero-order chi connectivity index (χ0) is 20.8. The SMILES string of the molecule is N#Cc1cccc(I)c1Nc1ncccc1CC(c1cccnc1)c1cccnc1. The lowest BCUT2D eigenvalue weighted by molar-refractivity contribution is 0.793. The highest BCUT2D eigenvalue weighted by atomic mass is 127. The van der Waals surface area contributed by atoms with Crippen molar-refractivity contribution in [3.63, 3.8) is 0 Å². The first-order chi connectivity index (χ1) is 14.8. The minimum Gasteiger partial charge on any atom is -0.338 e. The summed E-state index contributed by atoms with van der Waals surface area (Å²) < 4.78 is 0.972. The fourth-order valence-corrected chi connectivity index (χ4v) is 4.02. The van der Waals surface area contributed by atoms with Crippen LogP contribution in [0.15, 0.2) is 85.6 Å². The normalized spacial score (nSPS) is 10.6. The van der Waals surface area contributed by atoms with Crippen LogP contribution >= 0.6 is 22.6 Å². The van der Waals surface area contributed by atoms with E-state index in [2.05, 4.69) is 67.1 Å². The Morgan fingerprint density at radius 1 is 0.900 bits per heavy atom. The van der Waals surface area contributed by atoms with E-state index in [1.54, 1.807) is 24.7 Å². The number of hydrogen-bond acceptors (Lipinski definition) is 5. The van der Waals surface area contributed by atoms with Crippen LogP contribution in [0.5, 0.6) is 0 Å². The highest BCUT2D eigenvalue weighted by molar-refractivity contribution is 14.1. The van der Waals surface area contributed by atoms with Gasteiger partial charge in [0, 0.05) is 40.5 Å². The minimum atomic E-state index is 0.0856. The molecule has 146 valence electrons. The lowest BCUT2D eigenvalue weighted by atomic mass is 9.87. The van der Waals surface area contributed by atoms with Gasteiger partial charge in [0.05, 0.1) is 11.3 Å². The summed E-state index contributed by atoms with van der Waals surface area (Å²) in [7, 11) is 0. The topological polar surface area (TPSA) is 74.5 Å². The molecule has 1 N–H and O–H groups in total. The van der Waals surface area contributed by atoms with Gasteiger partial charge in [-0.3, -0.25) is 9.97 Å². The molecule has 0 saturated carbocycles. The standard InChI is InChI=1S/C24H18IN5/c25-22-9-1-5-18(14-26)23(22)30-24-17(6-4-12-29-24)13-21(19-7-2-10-27-15-19)20-8-3-11-28-16-20/h1-12,15-16,21H,13H2,(H,29,30). The van der Waals surface area contributed by atoms with Crippen molar-refractivity contribution in [3.8, 4) is 6.07 Å². The predicted molar refractivity (Wildman–Crippen MR) is 125 cm³/mol. The molecule has 0 aliphatic heterocycles. The van der Waals surface area contributed by atoms with Crippen LogP contribution < -0.4 is 5.32 Å². The molecule has 3 aromatic heterocycles. The summed E-state index contributed by atoms with van der Waals surface area (Å²) in [4.78, 5) is 13.2. The quantitative estimate of drug-likeness (QED) is 0.354. The van der Waals surface area contributed by atoms with Crippen molar-refractivity contribution >= 4 is 34.1 Å². The fraction of sp³-hybridized carbons (Fsp3) is 0.0833. The van der Waals surface area contributed by atoms with Crippen LogP contribution in [0, 0.1) is 14.9 Å². The van der Waals surface area contributed by atoms with Crippen molar-refractivity contribution in [1.29, 1.82) is 5.26 Å². The van der Waals surface area contributed by atoms with Crippen molar-refractivity contribution in [2.24, 2.45) is 0 Å². The van der Waals surface area contributed by atoms with E-state index in [-0.39, 0.29) is 5.92 Å². The first-order valence-electron chi connectivity index (χ1n) is 9.45. The Kier molecular flexibility index (Phi) is 6.30. The second-order valence-corrected chi connectivity index (χ2v) is 7.90. The van der Waals surface area contributed by atoms with E-state index in [0.29, 0.717) is 5.56 Å². The number of nitrogens with one attached hydrogen (secondary N) is 1. The van der Waals surface area contributed by atoms with Crippen LogP contribution in [0.3, 0.4) is 0 Å². The van der Waals surface area contributed by atoms with Gasteiger partial charge in [-0.25, -0.2) is 4.98 Å². The zero-order valence-electron chi connectivity index (χ0n) is 16.0. The second-order valence-electron chi connectivity index (χ2n) is 6.74. The third-order valence-electron chi connectivity index (χ3n) is 4.87. The van der Waals surface area contributed by atoms with Gasteiger partial charge in [-0.15, -0.1) is 0 Å². The maximum absolute atomic E-state index is 9.51. The van der Waals surface area contributed by atoms with Gasteiger partial charge in [-0.05, 0) is 76.0 Å². The number of rotatable bonds is 6. The van der Waals surface area contributed by atoms with Gasteiger partial charge in [0.1, 0.15) is 11.9 Å². The molecule has 0 unspecified atom stereocenters. The Morgan fingerprint density at radius 2 is 1.60 bits per heavy atom. The molecule has 0 bridgehead atoms. The molecule has 0 spiro atoms. The molecule has 5 nitrogen and oxygen atoms in total. The lowest BCUT2D eigenvalue weighted by Crippen LogP contribution is -2.09. The molecule has 4 aromatic rings. The molecule has 0 aliphatic carbocycles. The minimum absolute atomic E-state index is 0.0856. The predicted octanol–water partition coefficient (Wildman–Crippen LogP) is 5.47. The van der Waals surface area contributed by atoms with Gasteiger partial charge in [0.15, 0.2) is 0 Å². The number of pyridine rings is 3. The van der Waals surface area contributed by atoms with E-state index in [9.17, 15) is 5.26 Å². The van der Waals surface area contributed by atoms with Gasteiger partial charge in [0.2, 0.25) is 0 Å². The first kappa shape index (κ1) is 20.0. The van der Waals surface area contributed by atoms with Crippen molar-refractivity contribution in [3.05, 3.63) is 111 Å². The molecule has 0 saturated heterocycles. The number of nitrogens with zero attached hydrogens (tertiary/aromatic N) is 4. The summed E-state index contributed by atoms with van der Waals surface area (Å²) in [5, 5.41) is 12.9. The molecule has 4 rings (SSSR count). The van der Waals surface area contributed by atoms with Crippen LogP contribution in [-0.2, 0) is 6.42 Å². The van der Waals surface area contributed by atoms with Crippen molar-refractivity contribution in [2.45, 2.75) is 12.3 Å². The van der Waals surface area contributed by atoms with Crippen LogP contribution in [0.2, 0.25) is 0 Å². The number of hydrogen-bond donors (Lipinski definition) is 1. The van der Waals surface area contributed by atoms with E-state index in [0.717, 1.165) is 38.2 Å². The Bertz CT molecular complexity index is 1130. The zero-order valence-corrected chi connectivity index (χ0v) is 18.2. The molecule has 0 atom stereocenters. The van der Waals surface area contributed by atoms with Gasteiger partial charge in [-0.2, -0.15) is 5.26 Å². The molecule has 6 heteroatoms. The lowest BCUT2D eigenvalue weighted by Gasteiger charge is -2.20. The maximum atomic E-state index is 9.51. The number of para-hydroxylation sites is 1. The average molecular weight is 503 g/mol. The molecule has 3 heterocycles. The van der Waals surface area contributed by atoms with Crippen LogP contribution in [-0.4, -0.2) is 15.0 Å². The largest absolute Gasteiger partial charge is 0.338 e. The average Bonchev–Trinajstić information content (AvgIpc) is 2.81. The Balaban J connectivity index is 1.72. The molecule has 1 aromatic carbocycles. The number of benzene rings is 1. The van der Waals surface area contributed by atoms with Gasteiger partial charge < -0.3 is 5.32 Å². The number of halogens is 1. The van der Waals surface area contributed by atoms with E-state index >= 15 is 0 Å².